The molecule has 2 aromatic carbocycles. The highest BCUT2D eigenvalue weighted by Crippen LogP contribution is 2.27. The molecule has 2 atom stereocenters. The van der Waals surface area contributed by atoms with Crippen LogP contribution < -0.4 is 0 Å². The molecule has 29 heavy (non-hydrogen) atoms. The van der Waals surface area contributed by atoms with Gasteiger partial charge in [0.1, 0.15) is 0 Å². The Morgan fingerprint density at radius 3 is 1.45 bits per heavy atom. The lowest BCUT2D eigenvalue weighted by molar-refractivity contribution is 0.0605. The van der Waals surface area contributed by atoms with Gasteiger partial charge in [0.05, 0.1) is 22.0 Å². The van der Waals surface area contributed by atoms with Crippen molar-refractivity contribution in [1.82, 2.24) is 0 Å². The van der Waals surface area contributed by atoms with Crippen LogP contribution in [0.1, 0.15) is 40.0 Å². The highest BCUT2D eigenvalue weighted by atomic mass is 32.2. The van der Waals surface area contributed by atoms with Crippen LogP contribution >= 0.6 is 0 Å². The fraction of sp³-hybridized carbons (Fsp3) is 0.429. The summed E-state index contributed by atoms with van der Waals surface area (Å²) in [5.41, 5.74) is 0. The van der Waals surface area contributed by atoms with E-state index in [0.29, 0.717) is 6.42 Å². The molecule has 160 valence electrons. The number of rotatable bonds is 11. The minimum Gasteiger partial charge on any atom is -0.263 e. The largest absolute Gasteiger partial charge is 0.297 e. The molecule has 0 heterocycles. The second kappa shape index (κ2) is 10.3. The van der Waals surface area contributed by atoms with Gasteiger partial charge in [-0.25, -0.2) is 0 Å². The first-order valence-corrected chi connectivity index (χ1v) is 12.5. The summed E-state index contributed by atoms with van der Waals surface area (Å²) < 4.78 is 61.1. The summed E-state index contributed by atoms with van der Waals surface area (Å²) in [6.45, 7) is 5.28. The highest BCUT2D eigenvalue weighted by Gasteiger charge is 2.32. The predicted octanol–water partition coefficient (Wildman–Crippen LogP) is 4.38. The second-order valence-electron chi connectivity index (χ2n) is 6.94. The van der Waals surface area contributed by atoms with E-state index in [1.807, 2.05) is 6.92 Å². The summed E-state index contributed by atoms with van der Waals surface area (Å²) >= 11 is 0. The standard InChI is InChI=1S/C21H28O6S2/c1-4-5-16-21(17(2)26-28(22,23)19-12-8-6-9-13-19)18(3)27-29(24,25)20-14-10-7-11-15-20/h6-15,17-18,21H,4-5,16H2,1-3H3. The Bertz CT molecular complexity index is 879. The predicted molar refractivity (Wildman–Crippen MR) is 111 cm³/mol. The van der Waals surface area contributed by atoms with Crippen LogP contribution in [0.3, 0.4) is 0 Å². The van der Waals surface area contributed by atoms with Gasteiger partial charge in [0.2, 0.25) is 0 Å². The molecule has 2 rings (SSSR count). The van der Waals surface area contributed by atoms with Gasteiger partial charge in [-0.2, -0.15) is 16.8 Å². The summed E-state index contributed by atoms with van der Waals surface area (Å²) in [4.78, 5) is 0.123. The molecule has 0 N–H and O–H groups in total. The molecule has 0 radical (unpaired) electrons. The zero-order valence-electron chi connectivity index (χ0n) is 16.9. The summed E-state index contributed by atoms with van der Waals surface area (Å²) in [7, 11) is -7.93. The molecule has 0 bridgehead atoms. The Morgan fingerprint density at radius 1 is 0.724 bits per heavy atom. The van der Waals surface area contributed by atoms with Crippen molar-refractivity contribution in [2.75, 3.05) is 0 Å². The maximum atomic E-state index is 12.6. The summed E-state index contributed by atoms with van der Waals surface area (Å²) in [5, 5.41) is 0. The van der Waals surface area contributed by atoms with Crippen LogP contribution in [0.4, 0.5) is 0 Å². The van der Waals surface area contributed by atoms with Crippen molar-refractivity contribution in [1.29, 1.82) is 0 Å². The molecule has 0 aliphatic heterocycles. The van der Waals surface area contributed by atoms with Crippen molar-refractivity contribution >= 4 is 20.2 Å². The van der Waals surface area contributed by atoms with Crippen LogP contribution in [0, 0.1) is 5.92 Å². The van der Waals surface area contributed by atoms with E-state index in [2.05, 4.69) is 0 Å². The fourth-order valence-electron chi connectivity index (χ4n) is 3.12. The third kappa shape index (κ3) is 6.64. The van der Waals surface area contributed by atoms with Crippen molar-refractivity contribution < 1.29 is 25.2 Å². The lowest BCUT2D eigenvalue weighted by Gasteiger charge is -2.28. The SMILES string of the molecule is CCCCC(C(C)OS(=O)(=O)c1ccccc1)C(C)OS(=O)(=O)c1ccccc1. The van der Waals surface area contributed by atoms with Gasteiger partial charge in [-0.1, -0.05) is 56.2 Å². The van der Waals surface area contributed by atoms with Crippen molar-refractivity contribution in [3.63, 3.8) is 0 Å². The molecule has 2 unspecified atom stereocenters. The lowest BCUT2D eigenvalue weighted by atomic mass is 9.92. The molecule has 0 aliphatic rings. The molecular formula is C21H28O6S2. The molecule has 6 nitrogen and oxygen atoms in total. The zero-order valence-corrected chi connectivity index (χ0v) is 18.5. The third-order valence-corrected chi connectivity index (χ3v) is 7.53. The first-order valence-electron chi connectivity index (χ1n) is 9.64. The second-order valence-corrected chi connectivity index (χ2v) is 10.1. The first kappa shape index (κ1) is 23.5. The highest BCUT2D eigenvalue weighted by molar-refractivity contribution is 7.87. The third-order valence-electron chi connectivity index (χ3n) is 4.72. The number of unbranched alkanes of at least 4 members (excludes halogenated alkanes) is 1. The first-order chi connectivity index (χ1) is 13.7. The van der Waals surface area contributed by atoms with Gasteiger partial charge in [0.15, 0.2) is 0 Å². The van der Waals surface area contributed by atoms with E-state index in [0.717, 1.165) is 12.8 Å². The Balaban J connectivity index is 2.19. The average Bonchev–Trinajstić information content (AvgIpc) is 2.69. The summed E-state index contributed by atoms with van der Waals surface area (Å²) in [5.74, 6) is -0.424. The Kier molecular flexibility index (Phi) is 8.39. The monoisotopic (exact) mass is 440 g/mol. The van der Waals surface area contributed by atoms with Crippen LogP contribution in [-0.2, 0) is 28.6 Å². The van der Waals surface area contributed by atoms with Gasteiger partial charge in [0, 0.05) is 5.92 Å². The molecule has 0 fully saturated rings. The van der Waals surface area contributed by atoms with Gasteiger partial charge < -0.3 is 0 Å². The van der Waals surface area contributed by atoms with Crippen molar-refractivity contribution in [2.45, 2.75) is 62.0 Å². The molecule has 0 aliphatic carbocycles. The topological polar surface area (TPSA) is 86.7 Å². The minimum atomic E-state index is -3.96. The molecular weight excluding hydrogens is 412 g/mol. The van der Waals surface area contributed by atoms with Gasteiger partial charge in [0.25, 0.3) is 20.2 Å². The minimum absolute atomic E-state index is 0.0616. The van der Waals surface area contributed by atoms with Crippen molar-refractivity contribution in [2.24, 2.45) is 5.92 Å². The Labute approximate surface area is 174 Å². The van der Waals surface area contributed by atoms with Crippen LogP contribution in [0.5, 0.6) is 0 Å². The van der Waals surface area contributed by atoms with Crippen molar-refractivity contribution in [3.8, 4) is 0 Å². The molecule has 8 heteroatoms. The number of hydrogen-bond donors (Lipinski definition) is 0. The van der Waals surface area contributed by atoms with E-state index in [1.54, 1.807) is 50.2 Å². The average molecular weight is 441 g/mol. The van der Waals surface area contributed by atoms with Crippen molar-refractivity contribution in [3.05, 3.63) is 60.7 Å². The van der Waals surface area contributed by atoms with Gasteiger partial charge in [-0.15, -0.1) is 0 Å². The van der Waals surface area contributed by atoms with E-state index in [4.69, 9.17) is 8.37 Å². The molecule has 2 aromatic rings. The van der Waals surface area contributed by atoms with Crippen LogP contribution in [0.25, 0.3) is 0 Å². The number of benzene rings is 2. The Hall–Kier alpha value is -1.74. The van der Waals surface area contributed by atoms with E-state index >= 15 is 0 Å². The molecule has 0 saturated carbocycles. The maximum absolute atomic E-state index is 12.6. The smallest absolute Gasteiger partial charge is 0.263 e. The molecule has 0 aromatic heterocycles. The van der Waals surface area contributed by atoms with Gasteiger partial charge >= 0.3 is 0 Å². The Morgan fingerprint density at radius 2 is 1.10 bits per heavy atom. The number of hydrogen-bond acceptors (Lipinski definition) is 6. The quantitative estimate of drug-likeness (QED) is 0.482. The maximum Gasteiger partial charge on any atom is 0.297 e. The lowest BCUT2D eigenvalue weighted by Crippen LogP contribution is -2.35. The van der Waals surface area contributed by atoms with Crippen LogP contribution in [-0.4, -0.2) is 29.0 Å². The molecule has 0 spiro atoms. The fourth-order valence-corrected chi connectivity index (χ4v) is 5.41. The molecule has 0 amide bonds. The summed E-state index contributed by atoms with van der Waals surface area (Å²) in [6, 6.07) is 15.8. The van der Waals surface area contributed by atoms with E-state index in [9.17, 15) is 16.8 Å². The summed E-state index contributed by atoms with van der Waals surface area (Å²) in [6.07, 6.45) is 0.740. The zero-order chi connectivity index (χ0) is 21.5. The van der Waals surface area contributed by atoms with Gasteiger partial charge in [-0.3, -0.25) is 8.37 Å². The van der Waals surface area contributed by atoms with E-state index in [1.165, 1.54) is 24.3 Å². The van der Waals surface area contributed by atoms with E-state index < -0.39 is 38.4 Å². The van der Waals surface area contributed by atoms with Gasteiger partial charge in [-0.05, 0) is 44.5 Å². The van der Waals surface area contributed by atoms with Crippen LogP contribution in [0.2, 0.25) is 0 Å². The normalized spacial score (nSPS) is 15.6. The van der Waals surface area contributed by atoms with E-state index in [-0.39, 0.29) is 9.79 Å². The van der Waals surface area contributed by atoms with Crippen LogP contribution in [0.15, 0.2) is 70.5 Å². The molecule has 0 saturated heterocycles.